The molecule has 0 heterocycles. The van der Waals surface area contributed by atoms with Gasteiger partial charge in [-0.15, -0.1) is 0 Å². The van der Waals surface area contributed by atoms with Gasteiger partial charge in [0.1, 0.15) is 6.04 Å². The van der Waals surface area contributed by atoms with Crippen molar-refractivity contribution in [2.75, 3.05) is 6.61 Å². The lowest BCUT2D eigenvalue weighted by Crippen LogP contribution is -2.44. The first-order valence-electron chi connectivity index (χ1n) is 4.63. The zero-order valence-electron chi connectivity index (χ0n) is 8.23. The molecule has 1 fully saturated rings. The summed E-state index contributed by atoms with van der Waals surface area (Å²) in [5.41, 5.74) is 2.04. The summed E-state index contributed by atoms with van der Waals surface area (Å²) in [6.45, 7) is 0.0299. The second kappa shape index (κ2) is 4.80. The Balaban J connectivity index is 2.11. The number of carbonyl (C=O) groups excluding carboxylic acids is 1. The van der Waals surface area contributed by atoms with Gasteiger partial charge in [-0.2, -0.15) is 18.7 Å². The molecule has 0 aliphatic heterocycles. The van der Waals surface area contributed by atoms with E-state index in [1.165, 1.54) is 6.92 Å². The van der Waals surface area contributed by atoms with Crippen LogP contribution in [0.3, 0.4) is 0 Å². The van der Waals surface area contributed by atoms with E-state index < -0.39 is 18.8 Å². The molecule has 0 saturated heterocycles. The second-order valence-electron chi connectivity index (χ2n) is 3.53. The van der Waals surface area contributed by atoms with Crippen LogP contribution in [0, 0.1) is 0 Å². The molecule has 1 unspecified atom stereocenters. The van der Waals surface area contributed by atoms with Crippen LogP contribution >= 0.6 is 0 Å². The maximum absolute atomic E-state index is 11.7. The zero-order chi connectivity index (χ0) is 11.5. The topological polar surface area (TPSA) is 50.4 Å². The molecule has 1 aliphatic rings. The number of nitrogens with one attached hydrogen (secondary N) is 2. The van der Waals surface area contributed by atoms with Crippen LogP contribution in [0.25, 0.3) is 0 Å². The molecule has 15 heavy (non-hydrogen) atoms. The number of carbonyl (C=O) groups is 1. The maximum Gasteiger partial charge on any atom is 0.413 e. The van der Waals surface area contributed by atoms with Crippen molar-refractivity contribution in [3.05, 3.63) is 0 Å². The fourth-order valence-corrected chi connectivity index (χ4v) is 0.856. The van der Waals surface area contributed by atoms with E-state index in [1.807, 2.05) is 5.48 Å². The Hall–Kier alpha value is -0.820. The molecule has 88 valence electrons. The van der Waals surface area contributed by atoms with Crippen molar-refractivity contribution in [2.45, 2.75) is 38.0 Å². The Morgan fingerprint density at radius 2 is 2.13 bits per heavy atom. The molecule has 0 aromatic rings. The van der Waals surface area contributed by atoms with E-state index in [0.29, 0.717) is 0 Å². The Morgan fingerprint density at radius 3 is 2.60 bits per heavy atom. The lowest BCUT2D eigenvalue weighted by atomic mass is 10.3. The summed E-state index contributed by atoms with van der Waals surface area (Å²) in [5.74, 6) is -0.348. The van der Waals surface area contributed by atoms with Gasteiger partial charge in [-0.1, -0.05) is 0 Å². The molecule has 0 aromatic carbocycles. The van der Waals surface area contributed by atoms with Crippen LogP contribution in [-0.4, -0.2) is 30.8 Å². The Morgan fingerprint density at radius 1 is 1.53 bits per heavy atom. The predicted molar refractivity (Wildman–Crippen MR) is 45.8 cm³/mol. The van der Waals surface area contributed by atoms with Crippen LogP contribution in [0.15, 0.2) is 0 Å². The molecule has 1 saturated carbocycles. The third-order valence-corrected chi connectivity index (χ3v) is 1.81. The summed E-state index contributed by atoms with van der Waals surface area (Å²) in [4.78, 5) is 15.4. The van der Waals surface area contributed by atoms with Gasteiger partial charge in [0.05, 0.1) is 0 Å². The number of hydroxylamine groups is 1. The summed E-state index contributed by atoms with van der Waals surface area (Å²) in [7, 11) is 0. The summed E-state index contributed by atoms with van der Waals surface area (Å²) < 4.78 is 35.0. The monoisotopic (exact) mass is 226 g/mol. The van der Waals surface area contributed by atoms with Crippen LogP contribution in [0.1, 0.15) is 19.8 Å². The van der Waals surface area contributed by atoms with E-state index in [-0.39, 0.29) is 11.9 Å². The molecular formula is C8H13F3N2O2. The van der Waals surface area contributed by atoms with E-state index in [1.54, 1.807) is 0 Å². The first-order chi connectivity index (χ1) is 6.88. The lowest BCUT2D eigenvalue weighted by molar-refractivity contribution is -0.193. The lowest BCUT2D eigenvalue weighted by Gasteiger charge is -2.14. The molecule has 0 radical (unpaired) electrons. The minimum Gasteiger partial charge on any atom is -0.352 e. The average Bonchev–Trinajstić information content (AvgIpc) is 2.85. The minimum absolute atomic E-state index is 0.185. The van der Waals surface area contributed by atoms with Crippen molar-refractivity contribution in [3.63, 3.8) is 0 Å². The van der Waals surface area contributed by atoms with Crippen molar-refractivity contribution < 1.29 is 22.8 Å². The molecule has 1 amide bonds. The van der Waals surface area contributed by atoms with Gasteiger partial charge in [0, 0.05) is 6.04 Å². The summed E-state index contributed by atoms with van der Waals surface area (Å²) >= 11 is 0. The molecule has 7 heteroatoms. The number of amides is 1. The average molecular weight is 226 g/mol. The molecule has 1 atom stereocenters. The van der Waals surface area contributed by atoms with Gasteiger partial charge in [0.2, 0.25) is 5.91 Å². The third-order valence-electron chi connectivity index (χ3n) is 1.81. The smallest absolute Gasteiger partial charge is 0.352 e. The largest absolute Gasteiger partial charge is 0.413 e. The highest BCUT2D eigenvalue weighted by molar-refractivity contribution is 5.81. The van der Waals surface area contributed by atoms with Gasteiger partial charge < -0.3 is 5.32 Å². The predicted octanol–water partition coefficient (Wildman–Crippen LogP) is 0.737. The number of hydrogen-bond donors (Lipinski definition) is 2. The van der Waals surface area contributed by atoms with Crippen LogP contribution in [0.2, 0.25) is 0 Å². The Kier molecular flexibility index (Phi) is 3.92. The van der Waals surface area contributed by atoms with Crippen molar-refractivity contribution in [3.8, 4) is 0 Å². The molecule has 0 spiro atoms. The number of hydrogen-bond acceptors (Lipinski definition) is 3. The highest BCUT2D eigenvalue weighted by Gasteiger charge is 2.29. The normalized spacial score (nSPS) is 18.7. The van der Waals surface area contributed by atoms with Crippen LogP contribution < -0.4 is 10.8 Å². The van der Waals surface area contributed by atoms with Crippen molar-refractivity contribution in [1.82, 2.24) is 10.8 Å². The van der Waals surface area contributed by atoms with Crippen LogP contribution in [0.5, 0.6) is 0 Å². The second-order valence-corrected chi connectivity index (χ2v) is 3.53. The minimum atomic E-state index is -4.39. The zero-order valence-corrected chi connectivity index (χ0v) is 8.23. The fourth-order valence-electron chi connectivity index (χ4n) is 0.856. The van der Waals surface area contributed by atoms with Crippen molar-refractivity contribution >= 4 is 5.91 Å². The van der Waals surface area contributed by atoms with Crippen LogP contribution in [-0.2, 0) is 9.63 Å². The Labute approximate surface area is 85.1 Å². The van der Waals surface area contributed by atoms with Crippen molar-refractivity contribution in [2.24, 2.45) is 0 Å². The molecule has 2 N–H and O–H groups in total. The Bertz CT molecular complexity index is 228. The van der Waals surface area contributed by atoms with Gasteiger partial charge in [0.15, 0.2) is 6.61 Å². The number of halogens is 3. The third kappa shape index (κ3) is 5.58. The summed E-state index contributed by atoms with van der Waals surface area (Å²) in [5, 5.41) is 2.64. The molecule has 0 bridgehead atoms. The molecule has 1 aliphatic carbocycles. The van der Waals surface area contributed by atoms with Crippen molar-refractivity contribution in [1.29, 1.82) is 0 Å². The van der Waals surface area contributed by atoms with Gasteiger partial charge >= 0.3 is 6.18 Å². The van der Waals surface area contributed by atoms with E-state index in [2.05, 4.69) is 10.2 Å². The van der Waals surface area contributed by atoms with Gasteiger partial charge in [-0.25, -0.2) is 0 Å². The molecule has 1 rings (SSSR count). The first-order valence-corrected chi connectivity index (χ1v) is 4.63. The van der Waals surface area contributed by atoms with Gasteiger partial charge in [-0.3, -0.25) is 9.63 Å². The van der Waals surface area contributed by atoms with E-state index in [9.17, 15) is 18.0 Å². The molecule has 4 nitrogen and oxygen atoms in total. The standard InChI is InChI=1S/C8H13F3N2O2/c1-5(7(14)12-6-2-3-6)13-15-4-8(9,10)11/h5-6,13H,2-4H2,1H3,(H,12,14). The SMILES string of the molecule is CC(NOCC(F)(F)F)C(=O)NC1CC1. The molecular weight excluding hydrogens is 213 g/mol. The first kappa shape index (κ1) is 12.3. The van der Waals surface area contributed by atoms with Gasteiger partial charge in [-0.05, 0) is 19.8 Å². The van der Waals surface area contributed by atoms with Gasteiger partial charge in [0.25, 0.3) is 0 Å². The van der Waals surface area contributed by atoms with E-state index in [0.717, 1.165) is 12.8 Å². The van der Waals surface area contributed by atoms with E-state index >= 15 is 0 Å². The summed E-state index contributed by atoms with van der Waals surface area (Å²) in [6.07, 6.45) is -2.52. The van der Waals surface area contributed by atoms with Crippen LogP contribution in [0.4, 0.5) is 13.2 Å². The molecule has 0 aromatic heterocycles. The highest BCUT2D eigenvalue weighted by Crippen LogP contribution is 2.18. The number of rotatable bonds is 5. The fraction of sp³-hybridized carbons (Fsp3) is 0.875. The maximum atomic E-state index is 11.7. The number of alkyl halides is 3. The highest BCUT2D eigenvalue weighted by atomic mass is 19.4. The van der Waals surface area contributed by atoms with E-state index in [4.69, 9.17) is 0 Å². The summed E-state index contributed by atoms with van der Waals surface area (Å²) in [6, 6.07) is -0.600. The quantitative estimate of drug-likeness (QED) is 0.680.